The van der Waals surface area contributed by atoms with Crippen molar-refractivity contribution in [3.05, 3.63) is 83.4 Å². The number of aryl methyl sites for hydroxylation is 2. The Morgan fingerprint density at radius 3 is 2.52 bits per heavy atom. The highest BCUT2D eigenvalue weighted by atomic mass is 32.2. The van der Waals surface area contributed by atoms with Gasteiger partial charge in [0, 0.05) is 12.2 Å². The number of ether oxygens (including phenoxy) is 1. The summed E-state index contributed by atoms with van der Waals surface area (Å²) < 4.78 is 33.3. The van der Waals surface area contributed by atoms with Gasteiger partial charge in [-0.3, -0.25) is 9.10 Å². The van der Waals surface area contributed by atoms with Crippen LogP contribution in [-0.2, 0) is 16.4 Å². The second-order valence-electron chi connectivity index (χ2n) is 7.49. The Morgan fingerprint density at radius 1 is 1.03 bits per heavy atom. The number of nitrogens with zero attached hydrogens (tertiary/aromatic N) is 1. The smallest absolute Gasteiger partial charge is 0.264 e. The van der Waals surface area contributed by atoms with Gasteiger partial charge in [-0.1, -0.05) is 35.9 Å². The number of methoxy groups -OCH3 is 1. The monoisotopic (exact) mass is 436 g/mol. The topological polar surface area (TPSA) is 75.7 Å². The largest absolute Gasteiger partial charge is 0.496 e. The molecule has 1 aliphatic heterocycles. The third-order valence-corrected chi connectivity index (χ3v) is 7.21. The van der Waals surface area contributed by atoms with E-state index in [-0.39, 0.29) is 10.8 Å². The minimum absolute atomic E-state index is 0.259. The van der Waals surface area contributed by atoms with Gasteiger partial charge in [0.1, 0.15) is 5.75 Å². The number of carbonyl (C=O) groups excluding carboxylic acids is 1. The van der Waals surface area contributed by atoms with Crippen molar-refractivity contribution < 1.29 is 17.9 Å². The summed E-state index contributed by atoms with van der Waals surface area (Å²) in [5, 5.41) is 2.86. The van der Waals surface area contributed by atoms with Crippen LogP contribution in [0.5, 0.6) is 5.75 Å². The molecule has 0 saturated heterocycles. The summed E-state index contributed by atoms with van der Waals surface area (Å²) in [6, 6.07) is 19.2. The van der Waals surface area contributed by atoms with E-state index in [2.05, 4.69) is 5.32 Å². The molecule has 1 N–H and O–H groups in total. The molecule has 0 radical (unpaired) electrons. The first kappa shape index (κ1) is 20.9. The molecule has 1 amide bonds. The van der Waals surface area contributed by atoms with E-state index in [0.717, 1.165) is 24.0 Å². The molecule has 0 atom stereocenters. The zero-order valence-electron chi connectivity index (χ0n) is 17.5. The van der Waals surface area contributed by atoms with Gasteiger partial charge in [0.25, 0.3) is 15.9 Å². The number of amides is 1. The zero-order valence-corrected chi connectivity index (χ0v) is 18.3. The second kappa shape index (κ2) is 8.43. The van der Waals surface area contributed by atoms with Gasteiger partial charge in [-0.05, 0) is 61.7 Å². The molecule has 1 aliphatic rings. The van der Waals surface area contributed by atoms with Crippen LogP contribution in [0.1, 0.15) is 27.9 Å². The Bertz CT molecular complexity index is 1220. The number of sulfonamides is 1. The van der Waals surface area contributed by atoms with Crippen LogP contribution in [-0.4, -0.2) is 28.0 Å². The van der Waals surface area contributed by atoms with Crippen LogP contribution in [0.4, 0.5) is 11.4 Å². The molecule has 3 aromatic rings. The SMILES string of the molecule is COc1ccccc1C(=O)Nc1ccc2c(c1)N(S(=O)(=O)c1ccc(C)cc1)CCC2. The van der Waals surface area contributed by atoms with E-state index in [1.165, 1.54) is 11.4 Å². The molecular weight excluding hydrogens is 412 g/mol. The maximum atomic E-state index is 13.3. The predicted molar refractivity (Wildman–Crippen MR) is 121 cm³/mol. The lowest BCUT2D eigenvalue weighted by Crippen LogP contribution is -2.35. The molecule has 160 valence electrons. The lowest BCUT2D eigenvalue weighted by Gasteiger charge is -2.31. The summed E-state index contributed by atoms with van der Waals surface area (Å²) in [7, 11) is -2.19. The first-order valence-electron chi connectivity index (χ1n) is 10.1. The molecular formula is C24H24N2O4S. The lowest BCUT2D eigenvalue weighted by atomic mass is 10.0. The van der Waals surface area contributed by atoms with Gasteiger partial charge in [0.05, 0.1) is 23.3 Å². The third-order valence-electron chi connectivity index (χ3n) is 5.38. The molecule has 0 saturated carbocycles. The van der Waals surface area contributed by atoms with Crippen molar-refractivity contribution in [2.24, 2.45) is 0 Å². The van der Waals surface area contributed by atoms with Crippen molar-refractivity contribution in [3.63, 3.8) is 0 Å². The van der Waals surface area contributed by atoms with E-state index in [1.54, 1.807) is 60.7 Å². The Hall–Kier alpha value is -3.32. The maximum Gasteiger partial charge on any atom is 0.264 e. The van der Waals surface area contributed by atoms with Gasteiger partial charge in [-0.15, -0.1) is 0 Å². The Morgan fingerprint density at radius 2 is 1.77 bits per heavy atom. The molecule has 1 heterocycles. The van der Waals surface area contributed by atoms with E-state index in [9.17, 15) is 13.2 Å². The standard InChI is InChI=1S/C24H24N2O4S/c1-17-9-13-20(14-10-17)31(28,29)26-15-5-6-18-11-12-19(16-22(18)26)25-24(27)21-7-3-4-8-23(21)30-2/h3-4,7-14,16H,5-6,15H2,1-2H3,(H,25,27). The molecule has 31 heavy (non-hydrogen) atoms. The normalized spacial score (nSPS) is 13.4. The average Bonchev–Trinajstić information content (AvgIpc) is 2.78. The number of benzene rings is 3. The van der Waals surface area contributed by atoms with Crippen LogP contribution in [0, 0.1) is 6.92 Å². The van der Waals surface area contributed by atoms with Crippen molar-refractivity contribution in [1.29, 1.82) is 0 Å². The Balaban J connectivity index is 1.66. The molecule has 0 unspecified atom stereocenters. The summed E-state index contributed by atoms with van der Waals surface area (Å²) in [5.74, 6) is 0.155. The van der Waals surface area contributed by atoms with E-state index in [0.29, 0.717) is 29.2 Å². The van der Waals surface area contributed by atoms with Gasteiger partial charge in [-0.25, -0.2) is 8.42 Å². The second-order valence-corrected chi connectivity index (χ2v) is 9.35. The fraction of sp³-hybridized carbons (Fsp3) is 0.208. The molecule has 7 heteroatoms. The highest BCUT2D eigenvalue weighted by molar-refractivity contribution is 7.92. The van der Waals surface area contributed by atoms with Crippen molar-refractivity contribution in [3.8, 4) is 5.75 Å². The number of hydrogen-bond acceptors (Lipinski definition) is 4. The number of carbonyl (C=O) groups is 1. The molecule has 4 rings (SSSR count). The highest BCUT2D eigenvalue weighted by Gasteiger charge is 2.29. The van der Waals surface area contributed by atoms with Crippen LogP contribution in [0.3, 0.4) is 0 Å². The first-order chi connectivity index (χ1) is 14.9. The minimum Gasteiger partial charge on any atom is -0.496 e. The van der Waals surface area contributed by atoms with Crippen molar-refractivity contribution in [2.75, 3.05) is 23.3 Å². The average molecular weight is 437 g/mol. The van der Waals surface area contributed by atoms with Gasteiger partial charge >= 0.3 is 0 Å². The molecule has 0 aromatic heterocycles. The van der Waals surface area contributed by atoms with Crippen LogP contribution in [0.15, 0.2) is 71.6 Å². The Labute approximate surface area is 182 Å². The Kier molecular flexibility index (Phi) is 5.69. The fourth-order valence-electron chi connectivity index (χ4n) is 3.74. The highest BCUT2D eigenvalue weighted by Crippen LogP contribution is 2.34. The van der Waals surface area contributed by atoms with Gasteiger partial charge in [0.2, 0.25) is 0 Å². The van der Waals surface area contributed by atoms with Crippen molar-refractivity contribution in [1.82, 2.24) is 0 Å². The number of hydrogen-bond donors (Lipinski definition) is 1. The number of para-hydroxylation sites is 1. The third kappa shape index (κ3) is 4.14. The van der Waals surface area contributed by atoms with Crippen molar-refractivity contribution in [2.45, 2.75) is 24.7 Å². The summed E-state index contributed by atoms with van der Waals surface area (Å²) in [6.07, 6.45) is 1.53. The first-order valence-corrected chi connectivity index (χ1v) is 11.5. The lowest BCUT2D eigenvalue weighted by molar-refractivity contribution is 0.102. The van der Waals surface area contributed by atoms with Crippen LogP contribution < -0.4 is 14.4 Å². The quantitative estimate of drug-likeness (QED) is 0.643. The van der Waals surface area contributed by atoms with E-state index in [1.807, 2.05) is 13.0 Å². The zero-order chi connectivity index (χ0) is 22.0. The summed E-state index contributed by atoms with van der Waals surface area (Å²) in [6.45, 7) is 2.32. The summed E-state index contributed by atoms with van der Waals surface area (Å²) >= 11 is 0. The fourth-order valence-corrected chi connectivity index (χ4v) is 5.27. The van der Waals surface area contributed by atoms with Crippen LogP contribution >= 0.6 is 0 Å². The van der Waals surface area contributed by atoms with E-state index >= 15 is 0 Å². The number of nitrogens with one attached hydrogen (secondary N) is 1. The number of rotatable bonds is 5. The number of anilines is 2. The summed E-state index contributed by atoms with van der Waals surface area (Å²) in [4.78, 5) is 13.0. The molecule has 0 bridgehead atoms. The van der Waals surface area contributed by atoms with Gasteiger partial charge in [0.15, 0.2) is 0 Å². The van der Waals surface area contributed by atoms with Gasteiger partial charge < -0.3 is 10.1 Å². The van der Waals surface area contributed by atoms with Gasteiger partial charge in [-0.2, -0.15) is 0 Å². The summed E-state index contributed by atoms with van der Waals surface area (Å²) in [5.41, 5.74) is 3.48. The number of fused-ring (bicyclic) bond motifs is 1. The van der Waals surface area contributed by atoms with Crippen LogP contribution in [0.25, 0.3) is 0 Å². The molecule has 6 nitrogen and oxygen atoms in total. The maximum absolute atomic E-state index is 13.3. The van der Waals surface area contributed by atoms with Crippen molar-refractivity contribution >= 4 is 27.3 Å². The minimum atomic E-state index is -3.70. The molecule has 3 aromatic carbocycles. The van der Waals surface area contributed by atoms with E-state index in [4.69, 9.17) is 4.74 Å². The van der Waals surface area contributed by atoms with Crippen LogP contribution in [0.2, 0.25) is 0 Å². The predicted octanol–water partition coefficient (Wildman–Crippen LogP) is 4.40. The van der Waals surface area contributed by atoms with E-state index < -0.39 is 10.0 Å². The molecule has 0 fully saturated rings. The molecule has 0 spiro atoms. The molecule has 0 aliphatic carbocycles.